The quantitative estimate of drug-likeness (QED) is 0.475. The lowest BCUT2D eigenvalue weighted by Gasteiger charge is -2.25. The van der Waals surface area contributed by atoms with Gasteiger partial charge in [-0.2, -0.15) is 0 Å². The Morgan fingerprint density at radius 2 is 1.68 bits per heavy atom. The number of carbonyl (C=O) groups excluding carboxylic acids is 3. The molecule has 0 aromatic heterocycles. The van der Waals surface area contributed by atoms with E-state index >= 15 is 0 Å². The van der Waals surface area contributed by atoms with Crippen molar-refractivity contribution in [1.82, 2.24) is 10.2 Å². The summed E-state index contributed by atoms with van der Waals surface area (Å²) in [5.74, 6) is -0.353. The SMILES string of the molecule is C=CCN1C(=O)NC(=O)/C(=C\c2cc(OC)c(OC)c(OC)c2)C1=O. The maximum absolute atomic E-state index is 12.4. The first-order valence-corrected chi connectivity index (χ1v) is 7.26. The molecule has 0 bridgehead atoms. The van der Waals surface area contributed by atoms with Gasteiger partial charge in [0.05, 0.1) is 21.3 Å². The topological polar surface area (TPSA) is 94.2 Å². The highest BCUT2D eigenvalue weighted by Crippen LogP contribution is 2.38. The molecule has 0 radical (unpaired) electrons. The molecule has 25 heavy (non-hydrogen) atoms. The number of hydrogen-bond acceptors (Lipinski definition) is 6. The predicted molar refractivity (Wildman–Crippen MR) is 89.5 cm³/mol. The van der Waals surface area contributed by atoms with Crippen molar-refractivity contribution in [3.63, 3.8) is 0 Å². The fourth-order valence-corrected chi connectivity index (χ4v) is 2.34. The summed E-state index contributed by atoms with van der Waals surface area (Å²) in [7, 11) is 4.38. The monoisotopic (exact) mass is 346 g/mol. The number of carbonyl (C=O) groups is 3. The van der Waals surface area contributed by atoms with Gasteiger partial charge in [0.1, 0.15) is 5.57 Å². The van der Waals surface area contributed by atoms with Crippen molar-refractivity contribution in [2.24, 2.45) is 0 Å². The zero-order valence-corrected chi connectivity index (χ0v) is 14.1. The molecule has 2 rings (SSSR count). The van der Waals surface area contributed by atoms with E-state index in [0.29, 0.717) is 22.8 Å². The van der Waals surface area contributed by atoms with Crippen LogP contribution in [0.2, 0.25) is 0 Å². The minimum absolute atomic E-state index is 0.00938. The smallest absolute Gasteiger partial charge is 0.331 e. The van der Waals surface area contributed by atoms with Crippen LogP contribution in [0.4, 0.5) is 4.79 Å². The number of ether oxygens (including phenoxy) is 3. The summed E-state index contributed by atoms with van der Waals surface area (Å²) in [5.41, 5.74) is 0.289. The Kier molecular flexibility index (Phi) is 5.43. The first-order valence-electron chi connectivity index (χ1n) is 7.26. The second-order valence-electron chi connectivity index (χ2n) is 4.98. The molecule has 8 heteroatoms. The molecule has 1 aromatic rings. The number of benzene rings is 1. The van der Waals surface area contributed by atoms with Crippen LogP contribution in [-0.4, -0.2) is 50.6 Å². The van der Waals surface area contributed by atoms with Crippen LogP contribution < -0.4 is 19.5 Å². The number of imide groups is 2. The summed E-state index contributed by atoms with van der Waals surface area (Å²) in [5, 5.41) is 2.12. The Hall–Kier alpha value is -3.29. The predicted octanol–water partition coefficient (Wildman–Crippen LogP) is 1.36. The number of rotatable bonds is 6. The van der Waals surface area contributed by atoms with Crippen LogP contribution in [0.5, 0.6) is 17.2 Å². The Morgan fingerprint density at radius 3 is 2.16 bits per heavy atom. The Balaban J connectivity index is 2.51. The molecule has 8 nitrogen and oxygen atoms in total. The van der Waals surface area contributed by atoms with E-state index in [4.69, 9.17) is 14.2 Å². The molecule has 132 valence electrons. The molecule has 0 spiro atoms. The summed E-state index contributed by atoms with van der Waals surface area (Å²) >= 11 is 0. The van der Waals surface area contributed by atoms with Gasteiger partial charge >= 0.3 is 6.03 Å². The molecule has 0 aliphatic carbocycles. The van der Waals surface area contributed by atoms with Gasteiger partial charge in [0.2, 0.25) is 5.75 Å². The zero-order chi connectivity index (χ0) is 18.6. The van der Waals surface area contributed by atoms with E-state index < -0.39 is 17.8 Å². The number of amides is 4. The Labute approximate surface area is 144 Å². The summed E-state index contributed by atoms with van der Waals surface area (Å²) in [6.07, 6.45) is 2.75. The van der Waals surface area contributed by atoms with E-state index in [-0.39, 0.29) is 12.1 Å². The second-order valence-corrected chi connectivity index (χ2v) is 4.98. The van der Waals surface area contributed by atoms with Crippen LogP contribution in [0.3, 0.4) is 0 Å². The van der Waals surface area contributed by atoms with Gasteiger partial charge < -0.3 is 14.2 Å². The van der Waals surface area contributed by atoms with Gasteiger partial charge in [-0.25, -0.2) is 4.79 Å². The summed E-state index contributed by atoms with van der Waals surface area (Å²) in [6, 6.07) is 2.39. The molecule has 1 aliphatic rings. The summed E-state index contributed by atoms with van der Waals surface area (Å²) < 4.78 is 15.7. The van der Waals surface area contributed by atoms with E-state index in [0.717, 1.165) is 4.90 Å². The van der Waals surface area contributed by atoms with Crippen molar-refractivity contribution in [1.29, 1.82) is 0 Å². The molecule has 1 aliphatic heterocycles. The molecule has 1 fully saturated rings. The minimum Gasteiger partial charge on any atom is -0.493 e. The molecule has 0 saturated carbocycles. The standard InChI is InChI=1S/C17H18N2O6/c1-5-6-19-16(21)11(15(20)18-17(19)22)7-10-8-12(23-2)14(25-4)13(9-10)24-3/h5,7-9H,1,6H2,2-4H3,(H,18,20,22)/b11-7+. The molecule has 4 amide bonds. The van der Waals surface area contributed by atoms with E-state index in [1.165, 1.54) is 33.5 Å². The highest BCUT2D eigenvalue weighted by Gasteiger charge is 2.35. The normalized spacial score (nSPS) is 15.9. The second kappa shape index (κ2) is 7.52. The maximum Gasteiger partial charge on any atom is 0.331 e. The summed E-state index contributed by atoms with van der Waals surface area (Å²) in [4.78, 5) is 37.1. The summed E-state index contributed by atoms with van der Waals surface area (Å²) in [6.45, 7) is 3.48. The van der Waals surface area contributed by atoms with Crippen molar-refractivity contribution >= 4 is 23.9 Å². The van der Waals surface area contributed by atoms with E-state index in [2.05, 4.69) is 11.9 Å². The number of nitrogens with one attached hydrogen (secondary N) is 1. The average molecular weight is 346 g/mol. The fourth-order valence-electron chi connectivity index (χ4n) is 2.34. The van der Waals surface area contributed by atoms with Crippen molar-refractivity contribution in [2.45, 2.75) is 0 Å². The fraction of sp³-hybridized carbons (Fsp3) is 0.235. The van der Waals surface area contributed by atoms with Crippen LogP contribution in [0.1, 0.15) is 5.56 Å². The molecule has 0 atom stereocenters. The van der Waals surface area contributed by atoms with Crippen molar-refractivity contribution in [2.75, 3.05) is 27.9 Å². The number of methoxy groups -OCH3 is 3. The lowest BCUT2D eigenvalue weighted by Crippen LogP contribution is -2.54. The lowest BCUT2D eigenvalue weighted by atomic mass is 10.1. The molecular weight excluding hydrogens is 328 g/mol. The molecular formula is C17H18N2O6. The molecule has 1 N–H and O–H groups in total. The zero-order valence-electron chi connectivity index (χ0n) is 14.1. The first kappa shape index (κ1) is 18.1. The van der Waals surface area contributed by atoms with Crippen LogP contribution in [0, 0.1) is 0 Å². The van der Waals surface area contributed by atoms with Crippen molar-refractivity contribution < 1.29 is 28.6 Å². The third-order valence-corrected chi connectivity index (χ3v) is 3.50. The number of nitrogens with zero attached hydrogens (tertiary/aromatic N) is 1. The first-order chi connectivity index (χ1) is 12.0. The third kappa shape index (κ3) is 3.47. The van der Waals surface area contributed by atoms with Crippen LogP contribution in [0.25, 0.3) is 6.08 Å². The highest BCUT2D eigenvalue weighted by molar-refractivity contribution is 6.31. The number of urea groups is 1. The minimum atomic E-state index is -0.781. The van der Waals surface area contributed by atoms with Gasteiger partial charge in [-0.1, -0.05) is 6.08 Å². The van der Waals surface area contributed by atoms with E-state index in [9.17, 15) is 14.4 Å². The third-order valence-electron chi connectivity index (χ3n) is 3.50. The highest BCUT2D eigenvalue weighted by atomic mass is 16.5. The Bertz CT molecular complexity index is 743. The largest absolute Gasteiger partial charge is 0.493 e. The Morgan fingerprint density at radius 1 is 1.08 bits per heavy atom. The number of barbiturate groups is 1. The molecule has 1 heterocycles. The van der Waals surface area contributed by atoms with Crippen molar-refractivity contribution in [3.8, 4) is 17.2 Å². The maximum atomic E-state index is 12.4. The van der Waals surface area contributed by atoms with Gasteiger partial charge in [-0.15, -0.1) is 6.58 Å². The van der Waals surface area contributed by atoms with Gasteiger partial charge in [0.15, 0.2) is 11.5 Å². The van der Waals surface area contributed by atoms with Crippen LogP contribution in [0.15, 0.2) is 30.4 Å². The molecule has 0 unspecified atom stereocenters. The van der Waals surface area contributed by atoms with Crippen molar-refractivity contribution in [3.05, 3.63) is 35.9 Å². The molecule has 1 aromatic carbocycles. The van der Waals surface area contributed by atoms with Gasteiger partial charge in [0.25, 0.3) is 11.8 Å². The lowest BCUT2D eigenvalue weighted by molar-refractivity contribution is -0.129. The van der Waals surface area contributed by atoms with Gasteiger partial charge in [0, 0.05) is 6.54 Å². The van der Waals surface area contributed by atoms with E-state index in [1.807, 2.05) is 0 Å². The number of hydrogen-bond donors (Lipinski definition) is 1. The van der Waals surface area contributed by atoms with Gasteiger partial charge in [-0.3, -0.25) is 19.8 Å². The van der Waals surface area contributed by atoms with Crippen LogP contribution in [-0.2, 0) is 9.59 Å². The molecule has 1 saturated heterocycles. The van der Waals surface area contributed by atoms with Gasteiger partial charge in [-0.05, 0) is 23.8 Å². The average Bonchev–Trinajstić information content (AvgIpc) is 2.61. The van der Waals surface area contributed by atoms with Crippen LogP contribution >= 0.6 is 0 Å². The van der Waals surface area contributed by atoms with E-state index in [1.54, 1.807) is 12.1 Å².